The first-order valence-corrected chi connectivity index (χ1v) is 8.90. The van der Waals surface area contributed by atoms with Crippen LogP contribution in [0.2, 0.25) is 0 Å². The normalized spacial score (nSPS) is 15.8. The lowest BCUT2D eigenvalue weighted by Gasteiger charge is -2.43. The number of aromatic hydroxyl groups is 1. The Balaban J connectivity index is 1.64. The Hall–Kier alpha value is -3.43. The maximum absolute atomic E-state index is 13.0. The lowest BCUT2D eigenvalue weighted by atomic mass is 10.2. The Bertz CT molecular complexity index is 1000. The zero-order valence-electron chi connectivity index (χ0n) is 14.9. The summed E-state index contributed by atoms with van der Waals surface area (Å²) in [5.74, 6) is -2.03. The Morgan fingerprint density at radius 1 is 1.14 bits per heavy atom. The van der Waals surface area contributed by atoms with Crippen molar-refractivity contribution in [3.63, 3.8) is 0 Å². The number of nitrogens with one attached hydrogen (secondary N) is 1. The van der Waals surface area contributed by atoms with E-state index < -0.39 is 28.7 Å². The molecule has 2 aliphatic heterocycles. The maximum atomic E-state index is 13.0. The molecular formula is C18H18FN5O4. The fourth-order valence-corrected chi connectivity index (χ4v) is 3.35. The zero-order valence-corrected chi connectivity index (χ0v) is 14.9. The molecule has 146 valence electrons. The smallest absolute Gasteiger partial charge is 0.298 e. The average molecular weight is 387 g/mol. The maximum Gasteiger partial charge on any atom is 0.298 e. The number of amides is 2. The van der Waals surface area contributed by atoms with Crippen molar-refractivity contribution in [1.82, 2.24) is 19.9 Å². The van der Waals surface area contributed by atoms with E-state index in [2.05, 4.69) is 10.3 Å². The van der Waals surface area contributed by atoms with E-state index in [-0.39, 0.29) is 24.9 Å². The number of nitrogens with zero attached hydrogens (tertiary/aromatic N) is 4. The zero-order chi connectivity index (χ0) is 19.8. The molecule has 0 unspecified atom stereocenters. The highest BCUT2D eigenvalue weighted by molar-refractivity contribution is 5.95. The van der Waals surface area contributed by atoms with E-state index >= 15 is 0 Å². The first-order chi connectivity index (χ1) is 13.5. The second kappa shape index (κ2) is 6.95. The van der Waals surface area contributed by atoms with Crippen molar-refractivity contribution in [3.05, 3.63) is 51.7 Å². The van der Waals surface area contributed by atoms with Crippen molar-refractivity contribution in [1.29, 1.82) is 0 Å². The van der Waals surface area contributed by atoms with E-state index in [1.807, 2.05) is 0 Å². The van der Waals surface area contributed by atoms with Gasteiger partial charge in [0.15, 0.2) is 5.69 Å². The third kappa shape index (κ3) is 3.06. The minimum atomic E-state index is -0.837. The summed E-state index contributed by atoms with van der Waals surface area (Å²) in [5.41, 5.74) is -0.592. The van der Waals surface area contributed by atoms with Crippen LogP contribution in [0, 0.1) is 5.82 Å². The fraction of sp³-hybridized carbons (Fsp3) is 0.333. The van der Waals surface area contributed by atoms with Gasteiger partial charge in [0.25, 0.3) is 17.4 Å². The van der Waals surface area contributed by atoms with E-state index in [0.29, 0.717) is 18.7 Å². The Kier molecular flexibility index (Phi) is 4.46. The molecule has 28 heavy (non-hydrogen) atoms. The molecule has 2 N–H and O–H groups in total. The summed E-state index contributed by atoms with van der Waals surface area (Å²) in [6.45, 7) is 0.844. The predicted octanol–water partition coefficient (Wildman–Crippen LogP) is 0.375. The van der Waals surface area contributed by atoms with E-state index in [1.54, 1.807) is 5.01 Å². The van der Waals surface area contributed by atoms with Crippen LogP contribution < -0.4 is 15.9 Å². The van der Waals surface area contributed by atoms with Gasteiger partial charge in [-0.3, -0.25) is 24.0 Å². The minimum Gasteiger partial charge on any atom is -0.501 e. The molecule has 2 amide bonds. The molecule has 0 atom stereocenters. The van der Waals surface area contributed by atoms with Crippen molar-refractivity contribution in [2.24, 2.45) is 0 Å². The van der Waals surface area contributed by atoms with Crippen LogP contribution in [0.25, 0.3) is 0 Å². The summed E-state index contributed by atoms with van der Waals surface area (Å²) >= 11 is 0. The molecule has 0 saturated carbocycles. The molecule has 1 saturated heterocycles. The molecule has 0 radical (unpaired) electrons. The van der Waals surface area contributed by atoms with Gasteiger partial charge < -0.3 is 10.4 Å². The Morgan fingerprint density at radius 2 is 1.82 bits per heavy atom. The lowest BCUT2D eigenvalue weighted by molar-refractivity contribution is -0.134. The fourth-order valence-electron chi connectivity index (χ4n) is 3.35. The predicted molar refractivity (Wildman–Crippen MR) is 96.0 cm³/mol. The standard InChI is InChI=1S/C18H18FN5O4/c19-12-5-3-11(4-6-12)9-20-16(27)14-15(26)17(28)22-10-13(25)23-7-1-2-8-24(23)18(22)21-14/h3-6,26H,1-2,7-10H2,(H,20,27). The molecular weight excluding hydrogens is 369 g/mol. The summed E-state index contributed by atoms with van der Waals surface area (Å²) in [6, 6.07) is 5.57. The SMILES string of the molecule is O=C(NCc1ccc(F)cc1)c1nc2n(c(=O)c1O)CC(=O)N1CCCCN21. The molecule has 3 heterocycles. The number of halogens is 1. The number of hydrogen-bond donors (Lipinski definition) is 2. The largest absolute Gasteiger partial charge is 0.501 e. The van der Waals surface area contributed by atoms with Gasteiger partial charge in [-0.25, -0.2) is 14.4 Å². The van der Waals surface area contributed by atoms with Crippen LogP contribution in [0.15, 0.2) is 29.1 Å². The first kappa shape index (κ1) is 18.0. The number of fused-ring (bicyclic) bond motifs is 3. The van der Waals surface area contributed by atoms with Crippen LogP contribution in [-0.4, -0.2) is 44.6 Å². The Labute approximate surface area is 159 Å². The summed E-state index contributed by atoms with van der Waals surface area (Å²) in [4.78, 5) is 41.5. The number of carbonyl (C=O) groups is 2. The number of carbonyl (C=O) groups excluding carboxylic acids is 2. The molecule has 2 aromatic rings. The van der Waals surface area contributed by atoms with Gasteiger partial charge in [-0.1, -0.05) is 12.1 Å². The molecule has 9 nitrogen and oxygen atoms in total. The highest BCUT2D eigenvalue weighted by atomic mass is 19.1. The molecule has 1 fully saturated rings. The lowest BCUT2D eigenvalue weighted by Crippen LogP contribution is -2.58. The van der Waals surface area contributed by atoms with E-state index in [4.69, 9.17) is 0 Å². The molecule has 10 heteroatoms. The summed E-state index contributed by atoms with van der Waals surface area (Å²) in [5, 5.41) is 15.8. The molecule has 4 rings (SSSR count). The molecule has 2 aliphatic rings. The van der Waals surface area contributed by atoms with Gasteiger partial charge in [0.2, 0.25) is 11.7 Å². The van der Waals surface area contributed by atoms with Gasteiger partial charge >= 0.3 is 0 Å². The number of aromatic nitrogens is 2. The van der Waals surface area contributed by atoms with Crippen LogP contribution in [0.4, 0.5) is 10.3 Å². The monoisotopic (exact) mass is 387 g/mol. The van der Waals surface area contributed by atoms with Gasteiger partial charge in [0, 0.05) is 19.6 Å². The molecule has 1 aromatic carbocycles. The van der Waals surface area contributed by atoms with Crippen LogP contribution in [0.5, 0.6) is 5.75 Å². The van der Waals surface area contributed by atoms with Crippen molar-refractivity contribution < 1.29 is 19.1 Å². The van der Waals surface area contributed by atoms with E-state index in [9.17, 15) is 23.9 Å². The van der Waals surface area contributed by atoms with Crippen LogP contribution in [-0.2, 0) is 17.9 Å². The van der Waals surface area contributed by atoms with Gasteiger partial charge in [0.1, 0.15) is 12.4 Å². The number of rotatable bonds is 3. The van der Waals surface area contributed by atoms with Crippen LogP contribution in [0.3, 0.4) is 0 Å². The van der Waals surface area contributed by atoms with Crippen LogP contribution >= 0.6 is 0 Å². The first-order valence-electron chi connectivity index (χ1n) is 8.90. The van der Waals surface area contributed by atoms with Gasteiger partial charge in [-0.15, -0.1) is 0 Å². The summed E-state index contributed by atoms with van der Waals surface area (Å²) < 4.78 is 14.1. The number of benzene rings is 1. The second-order valence-corrected chi connectivity index (χ2v) is 6.66. The summed E-state index contributed by atoms with van der Waals surface area (Å²) in [7, 11) is 0. The number of anilines is 1. The topological polar surface area (TPSA) is 108 Å². The summed E-state index contributed by atoms with van der Waals surface area (Å²) in [6.07, 6.45) is 1.65. The third-order valence-corrected chi connectivity index (χ3v) is 4.80. The highest BCUT2D eigenvalue weighted by Crippen LogP contribution is 2.25. The van der Waals surface area contributed by atoms with Crippen molar-refractivity contribution in [2.45, 2.75) is 25.9 Å². The van der Waals surface area contributed by atoms with Gasteiger partial charge in [-0.05, 0) is 30.5 Å². The third-order valence-electron chi connectivity index (χ3n) is 4.80. The molecule has 0 bridgehead atoms. The van der Waals surface area contributed by atoms with Crippen molar-refractivity contribution in [3.8, 4) is 5.75 Å². The van der Waals surface area contributed by atoms with Gasteiger partial charge in [0.05, 0.1) is 0 Å². The van der Waals surface area contributed by atoms with Gasteiger partial charge in [-0.2, -0.15) is 0 Å². The minimum absolute atomic E-state index is 0.0764. The number of hydrazine groups is 1. The van der Waals surface area contributed by atoms with Crippen molar-refractivity contribution >= 4 is 17.8 Å². The van der Waals surface area contributed by atoms with E-state index in [0.717, 1.165) is 17.4 Å². The molecule has 0 spiro atoms. The highest BCUT2D eigenvalue weighted by Gasteiger charge is 2.35. The molecule has 1 aromatic heterocycles. The van der Waals surface area contributed by atoms with Crippen molar-refractivity contribution in [2.75, 3.05) is 18.1 Å². The quantitative estimate of drug-likeness (QED) is 0.788. The second-order valence-electron chi connectivity index (χ2n) is 6.66. The van der Waals surface area contributed by atoms with Crippen LogP contribution in [0.1, 0.15) is 28.9 Å². The average Bonchev–Trinajstić information content (AvgIpc) is 2.71. The molecule has 0 aliphatic carbocycles. The van der Waals surface area contributed by atoms with E-state index in [1.165, 1.54) is 29.3 Å². The number of hydrogen-bond acceptors (Lipinski definition) is 6. The Morgan fingerprint density at radius 3 is 2.54 bits per heavy atom.